The van der Waals surface area contributed by atoms with Crippen LogP contribution in [0.5, 0.6) is 0 Å². The van der Waals surface area contributed by atoms with Crippen LogP contribution in [-0.2, 0) is 13.0 Å². The summed E-state index contributed by atoms with van der Waals surface area (Å²) in [6.07, 6.45) is 18.8. The maximum absolute atomic E-state index is 10.6. The zero-order chi connectivity index (χ0) is 30.5. The highest BCUT2D eigenvalue weighted by atomic mass is 19.1. The number of unbranched alkanes of at least 4 members (excludes halogenated alkanes) is 1. The number of hydrogen-bond acceptors (Lipinski definition) is 6. The van der Waals surface area contributed by atoms with Crippen molar-refractivity contribution in [2.75, 3.05) is 20.8 Å². The molecule has 2 aromatic rings. The van der Waals surface area contributed by atoms with Gasteiger partial charge >= 0.3 is 0 Å². The first-order valence-electron chi connectivity index (χ1n) is 14.9. The van der Waals surface area contributed by atoms with Crippen LogP contribution in [0.15, 0.2) is 66.3 Å². The van der Waals surface area contributed by atoms with E-state index in [9.17, 15) is 9.50 Å². The Balaban J connectivity index is 0.000000431. The van der Waals surface area contributed by atoms with Crippen LogP contribution < -0.4 is 5.32 Å². The van der Waals surface area contributed by atoms with Gasteiger partial charge < -0.3 is 20.6 Å². The van der Waals surface area contributed by atoms with Crippen LogP contribution in [0.1, 0.15) is 94.5 Å². The van der Waals surface area contributed by atoms with Crippen LogP contribution in [0.25, 0.3) is 11.0 Å². The summed E-state index contributed by atoms with van der Waals surface area (Å²) in [5.74, 6) is 0.220. The Hall–Kier alpha value is -2.71. The van der Waals surface area contributed by atoms with Gasteiger partial charge in [0.1, 0.15) is 6.67 Å². The van der Waals surface area contributed by atoms with Gasteiger partial charge in [-0.25, -0.2) is 14.4 Å². The number of fused-ring (bicyclic) bond motifs is 1. The third-order valence-electron chi connectivity index (χ3n) is 6.89. The minimum absolute atomic E-state index is 0.0146. The third-order valence-corrected chi connectivity index (χ3v) is 6.89. The second-order valence-electron chi connectivity index (χ2n) is 10.3. The molecule has 7 heteroatoms. The highest BCUT2D eigenvalue weighted by Crippen LogP contribution is 2.28. The van der Waals surface area contributed by atoms with Crippen molar-refractivity contribution in [2.24, 2.45) is 0 Å². The molecule has 0 fully saturated rings. The van der Waals surface area contributed by atoms with Crippen molar-refractivity contribution in [3.63, 3.8) is 0 Å². The lowest BCUT2D eigenvalue weighted by Gasteiger charge is -2.17. The van der Waals surface area contributed by atoms with Gasteiger partial charge in [0.05, 0.1) is 29.0 Å². The van der Waals surface area contributed by atoms with Gasteiger partial charge in [-0.3, -0.25) is 0 Å². The van der Waals surface area contributed by atoms with Gasteiger partial charge in [0.2, 0.25) is 0 Å². The summed E-state index contributed by atoms with van der Waals surface area (Å²) in [7, 11) is 3.75. The zero-order valence-electron chi connectivity index (χ0n) is 25.6. The Labute approximate surface area is 246 Å². The number of benzene rings is 1. The molecular formula is C34H52FN3O3. The van der Waals surface area contributed by atoms with E-state index in [2.05, 4.69) is 37.9 Å². The minimum atomic E-state index is -1.25. The number of nitrogens with zero attached hydrogens (tertiary/aromatic N) is 2. The first-order valence-corrected chi connectivity index (χ1v) is 14.9. The molecule has 4 rings (SSSR count). The molecule has 0 saturated carbocycles. The van der Waals surface area contributed by atoms with E-state index in [1.54, 1.807) is 11.1 Å². The number of aryl methyl sites for hydroxylation is 1. The topological polar surface area (TPSA) is 98.5 Å². The molecule has 1 aromatic heterocycles. The molecule has 1 unspecified atom stereocenters. The van der Waals surface area contributed by atoms with Crippen molar-refractivity contribution in [2.45, 2.75) is 96.9 Å². The molecule has 2 aliphatic rings. The molecule has 2 aliphatic carbocycles. The summed E-state index contributed by atoms with van der Waals surface area (Å²) in [5, 5.41) is 30.1. The number of alkyl halides is 1. The lowest BCUT2D eigenvalue weighted by Crippen LogP contribution is -2.09. The Morgan fingerprint density at radius 2 is 1.80 bits per heavy atom. The normalized spacial score (nSPS) is 15.9. The number of hydrogen-bond donors (Lipinski definition) is 4. The van der Waals surface area contributed by atoms with Crippen LogP contribution in [-0.4, -0.2) is 52.3 Å². The van der Waals surface area contributed by atoms with Gasteiger partial charge in [0, 0.05) is 5.92 Å². The molecule has 1 aromatic carbocycles. The molecule has 6 nitrogen and oxygen atoms in total. The van der Waals surface area contributed by atoms with Crippen LogP contribution in [0.3, 0.4) is 0 Å². The van der Waals surface area contributed by atoms with Crippen molar-refractivity contribution in [3.05, 3.63) is 83.3 Å². The first-order chi connectivity index (χ1) is 19.8. The van der Waals surface area contributed by atoms with Gasteiger partial charge in [-0.2, -0.15) is 0 Å². The Kier molecular flexibility index (Phi) is 19.5. The summed E-state index contributed by atoms with van der Waals surface area (Å²) in [6, 6.07) is 5.66. The van der Waals surface area contributed by atoms with Crippen molar-refractivity contribution in [1.82, 2.24) is 15.3 Å². The fourth-order valence-electron chi connectivity index (χ4n) is 4.73. The summed E-state index contributed by atoms with van der Waals surface area (Å²) in [6.45, 7) is 7.23. The average Bonchev–Trinajstić information content (AvgIpc) is 3.00. The zero-order valence-corrected chi connectivity index (χ0v) is 25.6. The molecule has 0 aliphatic heterocycles. The maximum Gasteiger partial charge on any atom is 0.151 e. The molecule has 0 spiro atoms. The minimum Gasteiger partial charge on any atom is -0.392 e. The molecule has 1 atom stereocenters. The Morgan fingerprint density at radius 3 is 2.34 bits per heavy atom. The van der Waals surface area contributed by atoms with E-state index in [-0.39, 0.29) is 12.5 Å². The molecular weight excluding hydrogens is 517 g/mol. The van der Waals surface area contributed by atoms with Crippen molar-refractivity contribution in [1.29, 1.82) is 0 Å². The van der Waals surface area contributed by atoms with Crippen molar-refractivity contribution < 1.29 is 19.7 Å². The monoisotopic (exact) mass is 569 g/mol. The van der Waals surface area contributed by atoms with Crippen molar-refractivity contribution in [3.8, 4) is 0 Å². The van der Waals surface area contributed by atoms with Crippen LogP contribution in [0.4, 0.5) is 4.39 Å². The van der Waals surface area contributed by atoms with Gasteiger partial charge in [0.25, 0.3) is 0 Å². The first kappa shape index (κ1) is 36.3. The SMILES string of the molecule is C=CCF.CCC1=C(C)CCCC1.CNC.OCc1ccc2nc(C3C=CC=CC3)c(CCCCC(O)O)nc2c1. The molecule has 0 saturated heterocycles. The lowest BCUT2D eigenvalue weighted by molar-refractivity contribution is -0.0465. The Bertz CT molecular complexity index is 1110. The Morgan fingerprint density at radius 1 is 1.10 bits per heavy atom. The van der Waals surface area contributed by atoms with Crippen LogP contribution >= 0.6 is 0 Å². The molecule has 1 heterocycles. The second-order valence-corrected chi connectivity index (χ2v) is 10.3. The summed E-state index contributed by atoms with van der Waals surface area (Å²) >= 11 is 0. The van der Waals surface area contributed by atoms with Gasteiger partial charge in [-0.1, -0.05) is 54.5 Å². The van der Waals surface area contributed by atoms with Gasteiger partial charge in [-0.15, -0.1) is 6.58 Å². The molecule has 0 amide bonds. The van der Waals surface area contributed by atoms with E-state index in [1.165, 1.54) is 38.2 Å². The molecule has 41 heavy (non-hydrogen) atoms. The third kappa shape index (κ3) is 14.1. The highest BCUT2D eigenvalue weighted by molar-refractivity contribution is 5.75. The molecule has 228 valence electrons. The summed E-state index contributed by atoms with van der Waals surface area (Å²) in [4.78, 5) is 9.68. The van der Waals surface area contributed by atoms with E-state index >= 15 is 0 Å². The fourth-order valence-corrected chi connectivity index (χ4v) is 4.73. The average molecular weight is 570 g/mol. The number of aliphatic hydroxyl groups excluding tert-OH is 2. The van der Waals surface area contributed by atoms with Crippen LogP contribution in [0.2, 0.25) is 0 Å². The summed E-state index contributed by atoms with van der Waals surface area (Å²) < 4.78 is 10.6. The predicted molar refractivity (Wildman–Crippen MR) is 169 cm³/mol. The van der Waals surface area contributed by atoms with E-state index in [4.69, 9.17) is 20.2 Å². The van der Waals surface area contributed by atoms with Crippen LogP contribution in [0, 0.1) is 0 Å². The maximum atomic E-state index is 10.6. The standard InChI is InChI=1S/C20H24N2O3.C9H16.C3H5F.C2H7N/c23-13-14-10-11-16-18(12-14)21-17(8-4-5-9-19(24)25)20(22-16)15-6-2-1-3-7-15;1-3-9-7-5-4-6-8(9)2;1-2-3-4;1-3-2/h1-3,6,10-12,15,19,23-25H,4-5,7-9,13H2;3-7H2,1-2H3;2H,1,3H2;3H,1-2H3. The molecule has 4 N–H and O–H groups in total. The van der Waals surface area contributed by atoms with E-state index in [1.807, 2.05) is 44.4 Å². The number of halogens is 1. The number of aliphatic hydroxyl groups is 3. The fraction of sp³-hybridized carbons (Fsp3) is 0.529. The number of aromatic nitrogens is 2. The van der Waals surface area contributed by atoms with Gasteiger partial charge in [0.15, 0.2) is 6.29 Å². The number of nitrogens with one attached hydrogen (secondary N) is 1. The lowest BCUT2D eigenvalue weighted by atomic mass is 9.91. The molecule has 0 bridgehead atoms. The summed E-state index contributed by atoms with van der Waals surface area (Å²) in [5.41, 5.74) is 7.80. The van der Waals surface area contributed by atoms with Crippen molar-refractivity contribution >= 4 is 11.0 Å². The smallest absolute Gasteiger partial charge is 0.151 e. The largest absolute Gasteiger partial charge is 0.392 e. The highest BCUT2D eigenvalue weighted by Gasteiger charge is 2.17. The molecule has 0 radical (unpaired) electrons. The van der Waals surface area contributed by atoms with Gasteiger partial charge in [-0.05, 0) is 103 Å². The quantitative estimate of drug-likeness (QED) is 0.147. The van der Waals surface area contributed by atoms with E-state index in [0.717, 1.165) is 53.7 Å². The van der Waals surface area contributed by atoms with E-state index in [0.29, 0.717) is 6.42 Å². The van der Waals surface area contributed by atoms with E-state index < -0.39 is 13.0 Å². The number of rotatable bonds is 9. The predicted octanol–water partition coefficient (Wildman–Crippen LogP) is 7.01. The number of allylic oxidation sites excluding steroid dienone is 7. The second kappa shape index (κ2) is 22.0.